The highest BCUT2D eigenvalue weighted by Crippen LogP contribution is 2.08. The van der Waals surface area contributed by atoms with Crippen molar-refractivity contribution < 1.29 is 103 Å². The van der Waals surface area contributed by atoms with E-state index in [0.717, 1.165) is 52.9 Å². The summed E-state index contributed by atoms with van der Waals surface area (Å²) in [5, 5.41) is 92.2. The molecule has 0 aliphatic carbocycles. The molecule has 3 unspecified atom stereocenters. The Labute approximate surface area is 491 Å². The summed E-state index contributed by atoms with van der Waals surface area (Å²) in [6.45, 7) is 1.58. The monoisotopic (exact) mass is 1220 g/mol. The van der Waals surface area contributed by atoms with Gasteiger partial charge in [-0.1, -0.05) is 52.2 Å². The van der Waals surface area contributed by atoms with Crippen molar-refractivity contribution in [2.45, 2.75) is 161 Å². The number of allylic oxidation sites excluding steroid dienone is 1. The van der Waals surface area contributed by atoms with Gasteiger partial charge in [-0.15, -0.1) is 0 Å². The normalized spacial score (nSPS) is 13.4. The van der Waals surface area contributed by atoms with Gasteiger partial charge in [0.25, 0.3) is 0 Å². The molecule has 34 heteroatoms. The molecule has 0 radical (unpaired) electrons. The van der Waals surface area contributed by atoms with Crippen molar-refractivity contribution in [2.75, 3.05) is 59.1 Å². The zero-order valence-corrected chi connectivity index (χ0v) is 48.8. The van der Waals surface area contributed by atoms with Crippen molar-refractivity contribution >= 4 is 82.8 Å². The smallest absolute Gasteiger partial charge is 0.322 e. The third kappa shape index (κ3) is 33.2. The number of aliphatic hydroxyl groups excluding tert-OH is 3. The van der Waals surface area contributed by atoms with Crippen molar-refractivity contribution in [3.05, 3.63) is 12.2 Å². The van der Waals surface area contributed by atoms with Crippen LogP contribution in [-0.4, -0.2) is 235 Å². The third-order valence-corrected chi connectivity index (χ3v) is 12.3. The lowest BCUT2D eigenvalue weighted by atomic mass is 10.0. The standard InChI is InChI=1S/C51H87N13O21/c1-7-8-9-10-11-12-13-20-40(71)56-38(28-66)49(80)57-35(18-15-22-63(84)32(5)69)46(77)52-25-42(73)61-44(30(2)3)51(82)60-39(29-67)50(81)58-36(19-16-23-64(85)33(6)70)48(79)59-37(27-65)47(78)53-24-41(72)55-34(45(76)54-26-43(74)75)17-14-21-62(83)31(4)68/h12-13,30,34-39,44,65-67,83-85H,7-11,14-29H2,1-6H3,(H,52,77)(H,53,78)(H,54,76)(H,55,72)(H,56,71)(H,57,80)(H,58,81)(H,59,79)(H,60,82)(H,61,73)(H,74,75)/b13-12-/t34?,35?,36?,37-,38+,39-,44-/m1/s1. The van der Waals surface area contributed by atoms with Crippen LogP contribution in [0.25, 0.3) is 0 Å². The number of aliphatic hydroxyl groups is 3. The molecule has 0 bridgehead atoms. The number of carboxylic acids is 1. The number of hydrogen-bond acceptors (Lipinski definition) is 20. The van der Waals surface area contributed by atoms with E-state index < -0.39 is 183 Å². The molecule has 0 fully saturated rings. The van der Waals surface area contributed by atoms with Gasteiger partial charge in [-0.3, -0.25) is 82.7 Å². The number of carboxylic acid groups (broad SMARTS) is 1. The predicted octanol–water partition coefficient (Wildman–Crippen LogP) is -5.58. The predicted molar refractivity (Wildman–Crippen MR) is 294 cm³/mol. The molecule has 13 amide bonds. The van der Waals surface area contributed by atoms with Crippen LogP contribution < -0.4 is 53.2 Å². The molecule has 0 rings (SSSR count). The summed E-state index contributed by atoms with van der Waals surface area (Å²) in [5.74, 6) is -14.6. The van der Waals surface area contributed by atoms with Gasteiger partial charge in [0.15, 0.2) is 0 Å². The van der Waals surface area contributed by atoms with E-state index >= 15 is 0 Å². The van der Waals surface area contributed by atoms with E-state index in [2.05, 4.69) is 60.1 Å². The Morgan fingerprint density at radius 3 is 1.19 bits per heavy atom. The summed E-state index contributed by atoms with van der Waals surface area (Å²) in [6.07, 6.45) is 6.96. The second kappa shape index (κ2) is 42.8. The number of aliphatic carboxylic acids is 1. The summed E-state index contributed by atoms with van der Waals surface area (Å²) < 4.78 is 0. The van der Waals surface area contributed by atoms with Crippen molar-refractivity contribution in [2.24, 2.45) is 5.92 Å². The van der Waals surface area contributed by atoms with E-state index in [4.69, 9.17) is 5.11 Å². The molecule has 34 nitrogen and oxygen atoms in total. The average Bonchev–Trinajstić information content (AvgIpc) is 3.66. The molecule has 0 heterocycles. The van der Waals surface area contributed by atoms with Crippen LogP contribution in [0.15, 0.2) is 12.2 Å². The number of nitrogens with one attached hydrogen (secondary N) is 10. The molecule has 482 valence electrons. The fourth-order valence-electron chi connectivity index (χ4n) is 7.40. The first-order chi connectivity index (χ1) is 40.0. The Morgan fingerprint density at radius 1 is 0.412 bits per heavy atom. The zero-order valence-electron chi connectivity index (χ0n) is 48.8. The Balaban J connectivity index is 6.13. The van der Waals surface area contributed by atoms with Gasteiger partial charge >= 0.3 is 5.97 Å². The van der Waals surface area contributed by atoms with Crippen LogP contribution >= 0.6 is 0 Å². The first-order valence-corrected chi connectivity index (χ1v) is 27.6. The number of carbonyl (C=O) groups excluding carboxylic acids is 13. The van der Waals surface area contributed by atoms with Gasteiger partial charge in [0.1, 0.15) is 48.8 Å². The van der Waals surface area contributed by atoms with Crippen LogP contribution in [0.1, 0.15) is 119 Å². The minimum atomic E-state index is -1.86. The summed E-state index contributed by atoms with van der Waals surface area (Å²) in [5.41, 5.74) is 0. The topological polar surface area (TPSA) is 511 Å². The molecule has 0 aliphatic rings. The minimum Gasteiger partial charge on any atom is -0.480 e. The number of hydroxylamine groups is 6. The number of rotatable bonds is 43. The van der Waals surface area contributed by atoms with Crippen molar-refractivity contribution in [3.63, 3.8) is 0 Å². The molecule has 0 saturated carbocycles. The summed E-state index contributed by atoms with van der Waals surface area (Å²) >= 11 is 0. The molecular weight excluding hydrogens is 1130 g/mol. The van der Waals surface area contributed by atoms with Gasteiger partial charge in [-0.2, -0.15) is 0 Å². The molecular formula is C51H87N13O21. The number of carbonyl (C=O) groups is 14. The lowest BCUT2D eigenvalue weighted by molar-refractivity contribution is -0.163. The van der Waals surface area contributed by atoms with E-state index in [1.54, 1.807) is 6.08 Å². The lowest BCUT2D eigenvalue weighted by Gasteiger charge is -2.27. The van der Waals surface area contributed by atoms with Gasteiger partial charge in [0.05, 0.1) is 32.9 Å². The zero-order chi connectivity index (χ0) is 64.8. The number of nitrogens with zero attached hydrogens (tertiary/aromatic N) is 3. The molecule has 0 aliphatic heterocycles. The number of unbranched alkanes of at least 4 members (excludes halogenated alkanes) is 4. The van der Waals surface area contributed by atoms with E-state index in [-0.39, 0.29) is 56.7 Å². The Kier molecular flexibility index (Phi) is 38.8. The van der Waals surface area contributed by atoms with Crippen molar-refractivity contribution in [1.29, 1.82) is 0 Å². The highest BCUT2D eigenvalue weighted by atomic mass is 16.5. The number of hydrogen-bond donors (Lipinski definition) is 17. The van der Waals surface area contributed by atoms with Crippen LogP contribution in [0.3, 0.4) is 0 Å². The van der Waals surface area contributed by atoms with E-state index in [1.807, 2.05) is 6.08 Å². The maximum Gasteiger partial charge on any atom is 0.322 e. The van der Waals surface area contributed by atoms with E-state index in [0.29, 0.717) is 10.1 Å². The molecule has 0 spiro atoms. The van der Waals surface area contributed by atoms with Crippen molar-refractivity contribution in [1.82, 2.24) is 68.4 Å². The first-order valence-electron chi connectivity index (χ1n) is 27.6. The summed E-state index contributed by atoms with van der Waals surface area (Å²) in [6, 6.07) is -11.3. The molecule has 17 N–H and O–H groups in total. The van der Waals surface area contributed by atoms with Crippen LogP contribution in [0, 0.1) is 5.92 Å². The third-order valence-electron chi connectivity index (χ3n) is 12.3. The van der Waals surface area contributed by atoms with Crippen LogP contribution in [0.2, 0.25) is 0 Å². The summed E-state index contributed by atoms with van der Waals surface area (Å²) in [4.78, 5) is 178. The molecule has 85 heavy (non-hydrogen) atoms. The fraction of sp³-hybridized carbons (Fsp3) is 0.686. The fourth-order valence-corrected chi connectivity index (χ4v) is 7.40. The second-order valence-electron chi connectivity index (χ2n) is 19.7. The maximum absolute atomic E-state index is 13.7. The lowest BCUT2D eigenvalue weighted by Crippen LogP contribution is -2.60. The molecule has 0 saturated heterocycles. The van der Waals surface area contributed by atoms with E-state index in [9.17, 15) is 98.1 Å². The minimum absolute atomic E-state index is 0.0644. The van der Waals surface area contributed by atoms with Crippen LogP contribution in [0.4, 0.5) is 0 Å². The largest absolute Gasteiger partial charge is 0.480 e. The highest BCUT2D eigenvalue weighted by molar-refractivity contribution is 5.98. The SMILES string of the molecule is CCCCCC/C=C\CC(=O)N[C@@H](CO)C(=O)NC(CCCN(O)C(C)=O)C(=O)NCC(=O)N[C@@H](C(=O)N[C@H](CO)C(=O)NC(CCCN(O)C(C)=O)C(=O)N[C@H](CO)C(=O)NCC(=O)NC(CCCN(O)C(C)=O)C(=O)NCC(=O)O)C(C)C. The molecule has 0 aromatic rings. The summed E-state index contributed by atoms with van der Waals surface area (Å²) in [7, 11) is 0. The van der Waals surface area contributed by atoms with Crippen LogP contribution in [0.5, 0.6) is 0 Å². The quantitative estimate of drug-likeness (QED) is 0.0117. The van der Waals surface area contributed by atoms with Crippen molar-refractivity contribution in [3.8, 4) is 0 Å². The van der Waals surface area contributed by atoms with E-state index in [1.165, 1.54) is 13.8 Å². The number of amides is 13. The molecule has 7 atom stereocenters. The molecule has 0 aromatic carbocycles. The first kappa shape index (κ1) is 77.1. The maximum atomic E-state index is 13.7. The van der Waals surface area contributed by atoms with Gasteiger partial charge in [0, 0.05) is 46.8 Å². The van der Waals surface area contributed by atoms with Gasteiger partial charge in [0.2, 0.25) is 76.8 Å². The van der Waals surface area contributed by atoms with Crippen LogP contribution in [-0.2, 0) is 67.1 Å². The van der Waals surface area contributed by atoms with Gasteiger partial charge < -0.3 is 73.6 Å². The van der Waals surface area contributed by atoms with Gasteiger partial charge in [-0.25, -0.2) is 15.2 Å². The Morgan fingerprint density at radius 2 is 0.765 bits per heavy atom. The Hall–Kier alpha value is -7.92. The Bertz CT molecular complexity index is 2270. The van der Waals surface area contributed by atoms with Gasteiger partial charge in [-0.05, 0) is 57.3 Å². The molecule has 0 aromatic heterocycles. The highest BCUT2D eigenvalue weighted by Gasteiger charge is 2.34. The average molecular weight is 1220 g/mol. The second-order valence-corrected chi connectivity index (χ2v) is 19.7.